The molecule has 6 nitrogen and oxygen atoms in total. The molecule has 3 aromatic rings. The molecule has 1 aliphatic rings. The number of piperazine rings is 1. The lowest BCUT2D eigenvalue weighted by Crippen LogP contribution is -2.50. The number of rotatable bonds is 4. The highest BCUT2D eigenvalue weighted by Crippen LogP contribution is 2.21. The zero-order chi connectivity index (χ0) is 19.3. The number of carbonyl (C=O) groups is 1. The van der Waals surface area contributed by atoms with E-state index in [9.17, 15) is 4.79 Å². The lowest BCUT2D eigenvalue weighted by atomic mass is 10.1. The van der Waals surface area contributed by atoms with Crippen LogP contribution in [0, 0.1) is 6.92 Å². The summed E-state index contributed by atoms with van der Waals surface area (Å²) in [6.07, 6.45) is 0.746. The Bertz CT molecular complexity index is 935. The number of aryl methyl sites for hydroxylation is 1. The van der Waals surface area contributed by atoms with Crippen molar-refractivity contribution in [1.82, 2.24) is 14.3 Å². The SMILES string of the molecule is Cc1ccccc1NC(=O)N1CCN(c2nc(Cc3ccccc3)ns2)CC1. The predicted molar refractivity (Wildman–Crippen MR) is 113 cm³/mol. The second-order valence-corrected chi connectivity index (χ2v) is 7.61. The average molecular weight is 394 g/mol. The van der Waals surface area contributed by atoms with Gasteiger partial charge in [0.05, 0.1) is 0 Å². The van der Waals surface area contributed by atoms with Crippen LogP contribution < -0.4 is 10.2 Å². The van der Waals surface area contributed by atoms with Crippen molar-refractivity contribution in [2.45, 2.75) is 13.3 Å². The number of nitrogens with zero attached hydrogens (tertiary/aromatic N) is 4. The number of hydrogen-bond acceptors (Lipinski definition) is 5. The van der Waals surface area contributed by atoms with Crippen molar-refractivity contribution in [2.24, 2.45) is 0 Å². The van der Waals surface area contributed by atoms with Crippen LogP contribution in [0.3, 0.4) is 0 Å². The number of nitrogens with one attached hydrogen (secondary N) is 1. The molecule has 1 N–H and O–H groups in total. The van der Waals surface area contributed by atoms with E-state index >= 15 is 0 Å². The molecule has 1 saturated heterocycles. The Morgan fingerprint density at radius 1 is 1.04 bits per heavy atom. The van der Waals surface area contributed by atoms with Crippen LogP contribution in [0.4, 0.5) is 15.6 Å². The summed E-state index contributed by atoms with van der Waals surface area (Å²) in [5.74, 6) is 0.853. The fourth-order valence-electron chi connectivity index (χ4n) is 3.23. The Hall–Kier alpha value is -2.93. The number of hydrogen-bond donors (Lipinski definition) is 1. The molecular weight excluding hydrogens is 370 g/mol. The van der Waals surface area contributed by atoms with E-state index in [0.29, 0.717) is 13.1 Å². The van der Waals surface area contributed by atoms with E-state index < -0.39 is 0 Å². The van der Waals surface area contributed by atoms with Gasteiger partial charge >= 0.3 is 6.03 Å². The summed E-state index contributed by atoms with van der Waals surface area (Å²) in [6, 6.07) is 18.0. The van der Waals surface area contributed by atoms with Crippen molar-refractivity contribution < 1.29 is 4.79 Å². The largest absolute Gasteiger partial charge is 0.343 e. The maximum atomic E-state index is 12.5. The minimum atomic E-state index is -0.0454. The summed E-state index contributed by atoms with van der Waals surface area (Å²) < 4.78 is 4.50. The van der Waals surface area contributed by atoms with Gasteiger partial charge in [-0.05, 0) is 24.1 Å². The molecule has 0 radical (unpaired) electrons. The van der Waals surface area contributed by atoms with Crippen LogP contribution in [0.1, 0.15) is 17.0 Å². The fraction of sp³-hybridized carbons (Fsp3) is 0.286. The van der Waals surface area contributed by atoms with E-state index in [2.05, 4.69) is 26.7 Å². The molecule has 0 bridgehead atoms. The smallest absolute Gasteiger partial charge is 0.321 e. The molecule has 28 heavy (non-hydrogen) atoms. The summed E-state index contributed by atoms with van der Waals surface area (Å²) in [4.78, 5) is 21.3. The summed E-state index contributed by atoms with van der Waals surface area (Å²) in [5, 5.41) is 3.94. The van der Waals surface area contributed by atoms with Crippen LogP contribution in [-0.4, -0.2) is 46.5 Å². The fourth-order valence-corrected chi connectivity index (χ4v) is 3.97. The van der Waals surface area contributed by atoms with Crippen LogP contribution in [0.2, 0.25) is 0 Å². The Kier molecular flexibility index (Phi) is 5.53. The number of benzene rings is 2. The summed E-state index contributed by atoms with van der Waals surface area (Å²) in [7, 11) is 0. The van der Waals surface area contributed by atoms with Gasteiger partial charge in [-0.25, -0.2) is 9.78 Å². The van der Waals surface area contributed by atoms with Gasteiger partial charge in [-0.15, -0.1) is 0 Å². The molecule has 0 unspecified atom stereocenters. The molecule has 7 heteroatoms. The molecular formula is C21H23N5OS. The normalized spacial score (nSPS) is 14.2. The van der Waals surface area contributed by atoms with E-state index in [1.54, 1.807) is 0 Å². The minimum absolute atomic E-state index is 0.0454. The zero-order valence-corrected chi connectivity index (χ0v) is 16.7. The van der Waals surface area contributed by atoms with Crippen LogP contribution in [0.25, 0.3) is 0 Å². The van der Waals surface area contributed by atoms with Gasteiger partial charge in [0.25, 0.3) is 0 Å². The van der Waals surface area contributed by atoms with Crippen molar-refractivity contribution in [3.8, 4) is 0 Å². The molecule has 144 valence electrons. The molecule has 1 fully saturated rings. The Balaban J connectivity index is 1.32. The lowest BCUT2D eigenvalue weighted by molar-refractivity contribution is 0.208. The Labute approximate surface area is 169 Å². The average Bonchev–Trinajstić information content (AvgIpc) is 3.19. The van der Waals surface area contributed by atoms with E-state index in [0.717, 1.165) is 41.7 Å². The van der Waals surface area contributed by atoms with E-state index in [-0.39, 0.29) is 6.03 Å². The molecule has 2 amide bonds. The maximum Gasteiger partial charge on any atom is 0.321 e. The molecule has 2 aromatic carbocycles. The molecule has 0 spiro atoms. The highest BCUT2D eigenvalue weighted by atomic mass is 32.1. The van der Waals surface area contributed by atoms with Gasteiger partial charge in [0.1, 0.15) is 5.82 Å². The van der Waals surface area contributed by atoms with Crippen LogP contribution in [0.15, 0.2) is 54.6 Å². The van der Waals surface area contributed by atoms with Gasteiger partial charge in [-0.2, -0.15) is 4.37 Å². The van der Waals surface area contributed by atoms with Crippen molar-refractivity contribution in [3.63, 3.8) is 0 Å². The topological polar surface area (TPSA) is 61.4 Å². The molecule has 4 rings (SSSR count). The maximum absolute atomic E-state index is 12.5. The van der Waals surface area contributed by atoms with Gasteiger partial charge in [-0.1, -0.05) is 48.5 Å². The van der Waals surface area contributed by atoms with Crippen LogP contribution >= 0.6 is 11.5 Å². The van der Waals surface area contributed by atoms with E-state index in [1.165, 1.54) is 17.1 Å². The summed E-state index contributed by atoms with van der Waals surface area (Å²) in [6.45, 7) is 4.87. The molecule has 2 heterocycles. The standard InChI is InChI=1S/C21H23N5OS/c1-16-7-5-6-10-18(16)22-20(27)25-11-13-26(14-12-25)21-23-19(24-28-21)15-17-8-3-2-4-9-17/h2-10H,11-15H2,1H3,(H,22,27). The number of urea groups is 1. The predicted octanol–water partition coefficient (Wildman–Crippen LogP) is 3.79. The van der Waals surface area contributed by atoms with E-state index in [4.69, 9.17) is 4.98 Å². The number of anilines is 2. The highest BCUT2D eigenvalue weighted by molar-refractivity contribution is 7.09. The molecule has 0 atom stereocenters. The second-order valence-electron chi connectivity index (χ2n) is 6.87. The zero-order valence-electron chi connectivity index (χ0n) is 15.8. The van der Waals surface area contributed by atoms with Gasteiger partial charge in [0.15, 0.2) is 0 Å². The van der Waals surface area contributed by atoms with Crippen molar-refractivity contribution >= 4 is 28.4 Å². The lowest BCUT2D eigenvalue weighted by Gasteiger charge is -2.34. The molecule has 1 aromatic heterocycles. The van der Waals surface area contributed by atoms with Gasteiger partial charge in [-0.3, -0.25) is 0 Å². The first-order chi connectivity index (χ1) is 13.7. The first-order valence-corrected chi connectivity index (χ1v) is 10.2. The minimum Gasteiger partial charge on any atom is -0.343 e. The van der Waals surface area contributed by atoms with Crippen molar-refractivity contribution in [2.75, 3.05) is 36.4 Å². The monoisotopic (exact) mass is 393 g/mol. The Morgan fingerprint density at radius 2 is 1.75 bits per heavy atom. The number of amides is 2. The molecule has 0 saturated carbocycles. The number of aromatic nitrogens is 2. The number of para-hydroxylation sites is 1. The quantitative estimate of drug-likeness (QED) is 0.733. The number of carbonyl (C=O) groups excluding carboxylic acids is 1. The van der Waals surface area contributed by atoms with Crippen LogP contribution in [0.5, 0.6) is 0 Å². The third-order valence-electron chi connectivity index (χ3n) is 4.89. The first-order valence-electron chi connectivity index (χ1n) is 9.42. The second kappa shape index (κ2) is 8.39. The van der Waals surface area contributed by atoms with Crippen molar-refractivity contribution in [3.05, 3.63) is 71.5 Å². The van der Waals surface area contributed by atoms with Crippen molar-refractivity contribution in [1.29, 1.82) is 0 Å². The van der Waals surface area contributed by atoms with Gasteiger partial charge < -0.3 is 15.1 Å². The third-order valence-corrected chi connectivity index (χ3v) is 5.70. The summed E-state index contributed by atoms with van der Waals surface area (Å²) in [5.41, 5.74) is 3.14. The first kappa shape index (κ1) is 18.4. The van der Waals surface area contributed by atoms with Gasteiger partial charge in [0.2, 0.25) is 5.13 Å². The summed E-state index contributed by atoms with van der Waals surface area (Å²) >= 11 is 1.44. The van der Waals surface area contributed by atoms with Crippen LogP contribution in [-0.2, 0) is 6.42 Å². The van der Waals surface area contributed by atoms with Gasteiger partial charge in [0, 0.05) is 49.8 Å². The molecule has 0 aliphatic carbocycles. The van der Waals surface area contributed by atoms with E-state index in [1.807, 2.05) is 54.3 Å². The Morgan fingerprint density at radius 3 is 2.50 bits per heavy atom. The molecule has 1 aliphatic heterocycles. The highest BCUT2D eigenvalue weighted by Gasteiger charge is 2.23. The third kappa shape index (κ3) is 4.31.